The molecular weight excluding hydrogens is 220 g/mol. The molecule has 5 heteroatoms. The summed E-state index contributed by atoms with van der Waals surface area (Å²) < 4.78 is 5.12. The summed E-state index contributed by atoms with van der Waals surface area (Å²) in [5, 5.41) is 2.66. The van der Waals surface area contributed by atoms with Gasteiger partial charge in [0.05, 0.1) is 12.5 Å². The van der Waals surface area contributed by atoms with Gasteiger partial charge in [0.2, 0.25) is 11.8 Å². The van der Waals surface area contributed by atoms with Gasteiger partial charge in [-0.25, -0.2) is 0 Å². The first kappa shape index (κ1) is 13.5. The monoisotopic (exact) mass is 238 g/mol. The standard InChI is InChI=1S/C12H18N2O3/c1-2-3-4-5-10(11(13)15)14-12(16)9-6-7-17-8-9/h1,9-10H,3-8H2,(H2,13,15)(H,14,16)/t9-,10-/m1/s1. The molecule has 2 atom stereocenters. The van der Waals surface area contributed by atoms with E-state index in [2.05, 4.69) is 11.2 Å². The van der Waals surface area contributed by atoms with Crippen LogP contribution < -0.4 is 11.1 Å². The lowest BCUT2D eigenvalue weighted by atomic mass is 10.1. The van der Waals surface area contributed by atoms with Crippen molar-refractivity contribution < 1.29 is 14.3 Å². The first-order valence-corrected chi connectivity index (χ1v) is 5.76. The summed E-state index contributed by atoms with van der Waals surface area (Å²) in [5.74, 6) is 1.64. The van der Waals surface area contributed by atoms with E-state index in [-0.39, 0.29) is 11.8 Å². The van der Waals surface area contributed by atoms with Crippen LogP contribution in [0, 0.1) is 18.3 Å². The van der Waals surface area contributed by atoms with Gasteiger partial charge < -0.3 is 15.8 Å². The summed E-state index contributed by atoms with van der Waals surface area (Å²) in [7, 11) is 0. The second-order valence-electron chi connectivity index (χ2n) is 4.12. The lowest BCUT2D eigenvalue weighted by Gasteiger charge is -2.17. The van der Waals surface area contributed by atoms with Gasteiger partial charge in [0.25, 0.3) is 0 Å². The molecule has 17 heavy (non-hydrogen) atoms. The topological polar surface area (TPSA) is 81.4 Å². The Kier molecular flexibility index (Phi) is 5.50. The van der Waals surface area contributed by atoms with Gasteiger partial charge in [-0.1, -0.05) is 0 Å². The third-order valence-corrected chi connectivity index (χ3v) is 2.77. The van der Waals surface area contributed by atoms with Crippen LogP contribution in [0.25, 0.3) is 0 Å². The number of rotatable bonds is 6. The molecule has 0 aliphatic carbocycles. The molecule has 0 aromatic heterocycles. The number of terminal acetylenes is 1. The first-order valence-electron chi connectivity index (χ1n) is 5.76. The van der Waals surface area contributed by atoms with Crippen molar-refractivity contribution in [2.24, 2.45) is 11.7 Å². The maximum absolute atomic E-state index is 11.8. The average Bonchev–Trinajstić information content (AvgIpc) is 2.81. The Hall–Kier alpha value is -1.54. The van der Waals surface area contributed by atoms with Gasteiger partial charge in [-0.15, -0.1) is 12.3 Å². The number of carbonyl (C=O) groups is 2. The van der Waals surface area contributed by atoms with Crippen LogP contribution in [0.3, 0.4) is 0 Å². The van der Waals surface area contributed by atoms with E-state index >= 15 is 0 Å². The van der Waals surface area contributed by atoms with Crippen LogP contribution in [-0.2, 0) is 14.3 Å². The highest BCUT2D eigenvalue weighted by molar-refractivity contribution is 5.87. The normalized spacial score (nSPS) is 20.5. The van der Waals surface area contributed by atoms with Crippen molar-refractivity contribution in [2.75, 3.05) is 13.2 Å². The highest BCUT2D eigenvalue weighted by atomic mass is 16.5. The zero-order valence-corrected chi connectivity index (χ0v) is 9.78. The summed E-state index contributed by atoms with van der Waals surface area (Å²) in [5.41, 5.74) is 5.23. The quantitative estimate of drug-likeness (QED) is 0.496. The van der Waals surface area contributed by atoms with E-state index < -0.39 is 11.9 Å². The molecule has 0 bridgehead atoms. The number of nitrogens with one attached hydrogen (secondary N) is 1. The second kappa shape index (κ2) is 6.92. The van der Waals surface area contributed by atoms with Gasteiger partial charge in [-0.2, -0.15) is 0 Å². The molecule has 0 spiro atoms. The van der Waals surface area contributed by atoms with E-state index in [0.29, 0.717) is 38.9 Å². The van der Waals surface area contributed by atoms with Crippen LogP contribution in [0.1, 0.15) is 25.7 Å². The van der Waals surface area contributed by atoms with Gasteiger partial charge in [0.15, 0.2) is 0 Å². The molecule has 0 aromatic rings. The van der Waals surface area contributed by atoms with Gasteiger partial charge in [-0.05, 0) is 19.3 Å². The maximum Gasteiger partial charge on any atom is 0.240 e. The van der Waals surface area contributed by atoms with Crippen molar-refractivity contribution in [1.82, 2.24) is 5.32 Å². The van der Waals surface area contributed by atoms with E-state index in [1.54, 1.807) is 0 Å². The Morgan fingerprint density at radius 2 is 2.35 bits per heavy atom. The molecule has 3 N–H and O–H groups in total. The van der Waals surface area contributed by atoms with Gasteiger partial charge in [0.1, 0.15) is 6.04 Å². The van der Waals surface area contributed by atoms with E-state index in [0.717, 1.165) is 0 Å². The van der Waals surface area contributed by atoms with E-state index in [1.807, 2.05) is 0 Å². The number of amides is 2. The van der Waals surface area contributed by atoms with Crippen LogP contribution in [-0.4, -0.2) is 31.1 Å². The van der Waals surface area contributed by atoms with Crippen molar-refractivity contribution in [2.45, 2.75) is 31.7 Å². The Balaban J connectivity index is 2.40. The number of primary amides is 1. The number of nitrogens with two attached hydrogens (primary N) is 1. The zero-order valence-electron chi connectivity index (χ0n) is 9.78. The molecule has 0 aromatic carbocycles. The average molecular weight is 238 g/mol. The molecule has 1 heterocycles. The number of hydrogen-bond acceptors (Lipinski definition) is 3. The minimum atomic E-state index is -0.628. The molecular formula is C12H18N2O3. The summed E-state index contributed by atoms with van der Waals surface area (Å²) in [6.45, 7) is 1.01. The Bertz CT molecular complexity index is 316. The van der Waals surface area contributed by atoms with E-state index in [9.17, 15) is 9.59 Å². The molecule has 1 saturated heterocycles. The maximum atomic E-state index is 11.8. The molecule has 5 nitrogen and oxygen atoms in total. The molecule has 1 aliphatic rings. The molecule has 1 fully saturated rings. The molecule has 1 rings (SSSR count). The third kappa shape index (κ3) is 4.45. The van der Waals surface area contributed by atoms with Crippen LogP contribution in [0.2, 0.25) is 0 Å². The van der Waals surface area contributed by atoms with Crippen LogP contribution in [0.15, 0.2) is 0 Å². The van der Waals surface area contributed by atoms with Crippen molar-refractivity contribution in [3.05, 3.63) is 0 Å². The Morgan fingerprint density at radius 3 is 2.88 bits per heavy atom. The fourth-order valence-electron chi connectivity index (χ4n) is 1.72. The lowest BCUT2D eigenvalue weighted by molar-refractivity contribution is -0.130. The molecule has 0 unspecified atom stereocenters. The molecule has 0 saturated carbocycles. The smallest absolute Gasteiger partial charge is 0.240 e. The molecule has 1 aliphatic heterocycles. The molecule has 94 valence electrons. The van der Waals surface area contributed by atoms with Crippen LogP contribution in [0.4, 0.5) is 0 Å². The highest BCUT2D eigenvalue weighted by Gasteiger charge is 2.26. The zero-order chi connectivity index (χ0) is 12.7. The molecule has 0 radical (unpaired) electrons. The summed E-state index contributed by atoms with van der Waals surface area (Å²) in [4.78, 5) is 22.9. The van der Waals surface area contributed by atoms with E-state index in [1.165, 1.54) is 0 Å². The third-order valence-electron chi connectivity index (χ3n) is 2.77. The second-order valence-corrected chi connectivity index (χ2v) is 4.12. The fourth-order valence-corrected chi connectivity index (χ4v) is 1.72. The Labute approximate surface area is 101 Å². The van der Waals surface area contributed by atoms with Crippen molar-refractivity contribution in [1.29, 1.82) is 0 Å². The van der Waals surface area contributed by atoms with Crippen molar-refractivity contribution in [3.8, 4) is 12.3 Å². The predicted molar refractivity (Wildman–Crippen MR) is 62.7 cm³/mol. The SMILES string of the molecule is C#CCCC[C@@H](NC(=O)[C@@H]1CCOC1)C(N)=O. The van der Waals surface area contributed by atoms with E-state index in [4.69, 9.17) is 16.9 Å². The summed E-state index contributed by atoms with van der Waals surface area (Å²) in [6, 6.07) is -0.628. The van der Waals surface area contributed by atoms with Crippen molar-refractivity contribution >= 4 is 11.8 Å². The highest BCUT2D eigenvalue weighted by Crippen LogP contribution is 2.13. The number of hydrogen-bond donors (Lipinski definition) is 2. The first-order chi connectivity index (χ1) is 8.15. The van der Waals surface area contributed by atoms with Crippen molar-refractivity contribution in [3.63, 3.8) is 0 Å². The lowest BCUT2D eigenvalue weighted by Crippen LogP contribution is -2.46. The minimum Gasteiger partial charge on any atom is -0.381 e. The van der Waals surface area contributed by atoms with Crippen LogP contribution >= 0.6 is 0 Å². The minimum absolute atomic E-state index is 0.160. The largest absolute Gasteiger partial charge is 0.381 e. The fraction of sp³-hybridized carbons (Fsp3) is 0.667. The molecule has 2 amide bonds. The Morgan fingerprint density at radius 1 is 1.59 bits per heavy atom. The van der Waals surface area contributed by atoms with Gasteiger partial charge in [-0.3, -0.25) is 9.59 Å². The van der Waals surface area contributed by atoms with Gasteiger partial charge in [0, 0.05) is 13.0 Å². The predicted octanol–water partition coefficient (Wildman–Crippen LogP) is -0.203. The van der Waals surface area contributed by atoms with Crippen LogP contribution in [0.5, 0.6) is 0 Å². The summed E-state index contributed by atoms with van der Waals surface area (Å²) >= 11 is 0. The summed E-state index contributed by atoms with van der Waals surface area (Å²) in [6.07, 6.45) is 7.55. The van der Waals surface area contributed by atoms with Gasteiger partial charge >= 0.3 is 0 Å². The number of carbonyl (C=O) groups excluding carboxylic acids is 2. The number of unbranched alkanes of at least 4 members (excludes halogenated alkanes) is 1. The number of ether oxygens (including phenoxy) is 1.